The molecule has 0 radical (unpaired) electrons. The van der Waals surface area contributed by atoms with Crippen molar-refractivity contribution >= 4 is 5.91 Å². The first-order chi connectivity index (χ1) is 9.13. The molecule has 1 amide bonds. The number of rotatable bonds is 3. The van der Waals surface area contributed by atoms with Gasteiger partial charge in [-0.25, -0.2) is 0 Å². The van der Waals surface area contributed by atoms with Crippen LogP contribution in [0, 0.1) is 17.8 Å². The standard InChI is InChI=1S/C15H24N2O2/c1-11(18)15(19)17-6-4-16(5-7-17)10-14-9-12-2-3-13(14)8-12/h2-3,11-14,18H,4-10H2,1H3/t11-,12-,13-,14-/m0/s1. The molecule has 2 aliphatic carbocycles. The van der Waals surface area contributed by atoms with E-state index in [4.69, 9.17) is 0 Å². The third-order valence-corrected chi connectivity index (χ3v) is 4.95. The van der Waals surface area contributed by atoms with E-state index < -0.39 is 6.10 Å². The lowest BCUT2D eigenvalue weighted by atomic mass is 9.93. The highest BCUT2D eigenvalue weighted by Crippen LogP contribution is 2.43. The number of carbonyl (C=O) groups is 1. The maximum absolute atomic E-state index is 11.7. The molecule has 0 aromatic heterocycles. The highest BCUT2D eigenvalue weighted by molar-refractivity contribution is 5.80. The van der Waals surface area contributed by atoms with Gasteiger partial charge in [-0.05, 0) is 37.5 Å². The molecular formula is C15H24N2O2. The summed E-state index contributed by atoms with van der Waals surface area (Å²) in [5.74, 6) is 2.35. The zero-order valence-corrected chi connectivity index (χ0v) is 11.7. The topological polar surface area (TPSA) is 43.8 Å². The van der Waals surface area contributed by atoms with Crippen LogP contribution < -0.4 is 0 Å². The molecule has 19 heavy (non-hydrogen) atoms. The predicted molar refractivity (Wildman–Crippen MR) is 73.5 cm³/mol. The monoisotopic (exact) mass is 264 g/mol. The highest BCUT2D eigenvalue weighted by atomic mass is 16.3. The quantitative estimate of drug-likeness (QED) is 0.764. The van der Waals surface area contributed by atoms with Crippen molar-refractivity contribution in [2.45, 2.75) is 25.9 Å². The fraction of sp³-hybridized carbons (Fsp3) is 0.800. The van der Waals surface area contributed by atoms with Crippen molar-refractivity contribution < 1.29 is 9.90 Å². The minimum atomic E-state index is -0.859. The molecule has 1 N–H and O–H groups in total. The van der Waals surface area contributed by atoms with Crippen LogP contribution in [-0.2, 0) is 4.79 Å². The van der Waals surface area contributed by atoms with Crippen LogP contribution in [0.3, 0.4) is 0 Å². The van der Waals surface area contributed by atoms with Crippen LogP contribution in [-0.4, -0.2) is 59.6 Å². The van der Waals surface area contributed by atoms with E-state index in [9.17, 15) is 9.90 Å². The number of hydrogen-bond donors (Lipinski definition) is 1. The molecule has 1 saturated heterocycles. The summed E-state index contributed by atoms with van der Waals surface area (Å²) in [5, 5.41) is 9.33. The average molecular weight is 264 g/mol. The third kappa shape index (κ3) is 2.70. The summed E-state index contributed by atoms with van der Waals surface area (Å²) < 4.78 is 0. The van der Waals surface area contributed by atoms with Crippen LogP contribution in [0.2, 0.25) is 0 Å². The highest BCUT2D eigenvalue weighted by Gasteiger charge is 2.36. The minimum absolute atomic E-state index is 0.123. The van der Waals surface area contributed by atoms with E-state index in [0.717, 1.165) is 43.9 Å². The fourth-order valence-corrected chi connectivity index (χ4v) is 3.85. The number of fused-ring (bicyclic) bond motifs is 2. The lowest BCUT2D eigenvalue weighted by Gasteiger charge is -2.37. The SMILES string of the molecule is C[C@H](O)C(=O)N1CCN(C[C@@H]2C[C@H]3C=C[C@H]2C3)CC1. The Hall–Kier alpha value is -0.870. The molecule has 4 heteroatoms. The number of aliphatic hydroxyl groups is 1. The Morgan fingerprint density at radius 1 is 1.26 bits per heavy atom. The Bertz CT molecular complexity index is 372. The molecule has 1 aliphatic heterocycles. The van der Waals surface area contributed by atoms with Gasteiger partial charge < -0.3 is 10.0 Å². The number of piperazine rings is 1. The molecular weight excluding hydrogens is 240 g/mol. The number of amides is 1. The van der Waals surface area contributed by atoms with Crippen LogP contribution in [0.15, 0.2) is 12.2 Å². The van der Waals surface area contributed by atoms with Gasteiger partial charge in [-0.1, -0.05) is 12.2 Å². The molecule has 1 heterocycles. The van der Waals surface area contributed by atoms with E-state index in [1.807, 2.05) is 0 Å². The first-order valence-electron chi connectivity index (χ1n) is 7.51. The molecule has 0 aromatic rings. The van der Waals surface area contributed by atoms with Crippen molar-refractivity contribution in [2.75, 3.05) is 32.7 Å². The van der Waals surface area contributed by atoms with Crippen molar-refractivity contribution in [3.05, 3.63) is 12.2 Å². The number of aliphatic hydroxyl groups excluding tert-OH is 1. The van der Waals surface area contributed by atoms with Crippen molar-refractivity contribution in [2.24, 2.45) is 17.8 Å². The molecule has 0 spiro atoms. The van der Waals surface area contributed by atoms with E-state index in [0.29, 0.717) is 0 Å². The molecule has 106 valence electrons. The Balaban J connectivity index is 1.46. The van der Waals surface area contributed by atoms with E-state index in [-0.39, 0.29) is 5.91 Å². The lowest BCUT2D eigenvalue weighted by Crippen LogP contribution is -2.52. The maximum Gasteiger partial charge on any atom is 0.251 e. The van der Waals surface area contributed by atoms with Crippen molar-refractivity contribution in [1.29, 1.82) is 0 Å². The zero-order valence-electron chi connectivity index (χ0n) is 11.7. The second-order valence-corrected chi connectivity index (χ2v) is 6.34. The molecule has 3 aliphatic rings. The Morgan fingerprint density at radius 3 is 2.53 bits per heavy atom. The summed E-state index contributed by atoms with van der Waals surface area (Å²) in [4.78, 5) is 16.0. The maximum atomic E-state index is 11.7. The van der Waals surface area contributed by atoms with Gasteiger partial charge in [0.05, 0.1) is 0 Å². The van der Waals surface area contributed by atoms with Gasteiger partial charge in [-0.3, -0.25) is 9.69 Å². The summed E-state index contributed by atoms with van der Waals surface area (Å²) in [5.41, 5.74) is 0. The molecule has 3 rings (SSSR count). The van der Waals surface area contributed by atoms with Gasteiger partial charge in [-0.15, -0.1) is 0 Å². The van der Waals surface area contributed by atoms with E-state index >= 15 is 0 Å². The summed E-state index contributed by atoms with van der Waals surface area (Å²) in [7, 11) is 0. The Kier molecular flexibility index (Phi) is 3.63. The van der Waals surface area contributed by atoms with Crippen molar-refractivity contribution in [3.63, 3.8) is 0 Å². The normalized spacial score (nSPS) is 35.9. The molecule has 1 saturated carbocycles. The van der Waals surface area contributed by atoms with Gasteiger partial charge >= 0.3 is 0 Å². The van der Waals surface area contributed by atoms with Gasteiger partial charge in [0.1, 0.15) is 6.10 Å². The predicted octanol–water partition coefficient (Wildman–Crippen LogP) is 0.724. The second-order valence-electron chi connectivity index (χ2n) is 6.34. The van der Waals surface area contributed by atoms with Gasteiger partial charge in [0.15, 0.2) is 0 Å². The largest absolute Gasteiger partial charge is 0.384 e. The molecule has 4 atom stereocenters. The summed E-state index contributed by atoms with van der Waals surface area (Å²) >= 11 is 0. The molecule has 0 unspecified atom stereocenters. The number of hydrogen-bond acceptors (Lipinski definition) is 3. The second kappa shape index (κ2) is 5.25. The first-order valence-corrected chi connectivity index (χ1v) is 7.51. The summed E-state index contributed by atoms with van der Waals surface area (Å²) in [6.07, 6.45) is 6.66. The van der Waals surface area contributed by atoms with Crippen LogP contribution in [0.25, 0.3) is 0 Å². The van der Waals surface area contributed by atoms with Crippen molar-refractivity contribution in [3.8, 4) is 0 Å². The molecule has 2 bridgehead atoms. The van der Waals surface area contributed by atoms with E-state index in [1.165, 1.54) is 19.4 Å². The lowest BCUT2D eigenvalue weighted by molar-refractivity contribution is -0.141. The van der Waals surface area contributed by atoms with Crippen LogP contribution in [0.5, 0.6) is 0 Å². The van der Waals surface area contributed by atoms with Gasteiger partial charge in [0.2, 0.25) is 0 Å². The minimum Gasteiger partial charge on any atom is -0.384 e. The van der Waals surface area contributed by atoms with Gasteiger partial charge in [-0.2, -0.15) is 0 Å². The Labute approximate surface area is 115 Å². The molecule has 2 fully saturated rings. The van der Waals surface area contributed by atoms with E-state index in [1.54, 1.807) is 11.8 Å². The number of allylic oxidation sites excluding steroid dienone is 2. The zero-order chi connectivity index (χ0) is 13.4. The number of nitrogens with zero attached hydrogens (tertiary/aromatic N) is 2. The first kappa shape index (κ1) is 13.1. The molecule has 4 nitrogen and oxygen atoms in total. The average Bonchev–Trinajstić information content (AvgIpc) is 3.01. The summed E-state index contributed by atoms with van der Waals surface area (Å²) in [6.45, 7) is 6.17. The van der Waals surface area contributed by atoms with Crippen LogP contribution in [0.4, 0.5) is 0 Å². The number of carbonyl (C=O) groups excluding carboxylic acids is 1. The fourth-order valence-electron chi connectivity index (χ4n) is 3.85. The van der Waals surface area contributed by atoms with Crippen LogP contribution >= 0.6 is 0 Å². The third-order valence-electron chi connectivity index (χ3n) is 4.95. The van der Waals surface area contributed by atoms with Crippen molar-refractivity contribution in [1.82, 2.24) is 9.80 Å². The molecule has 0 aromatic carbocycles. The summed E-state index contributed by atoms with van der Waals surface area (Å²) in [6, 6.07) is 0. The van der Waals surface area contributed by atoms with Gasteiger partial charge in [0, 0.05) is 32.7 Å². The van der Waals surface area contributed by atoms with E-state index in [2.05, 4.69) is 17.1 Å². The van der Waals surface area contributed by atoms with Gasteiger partial charge in [0.25, 0.3) is 5.91 Å². The smallest absolute Gasteiger partial charge is 0.251 e. The Morgan fingerprint density at radius 2 is 2.00 bits per heavy atom. The van der Waals surface area contributed by atoms with Crippen LogP contribution in [0.1, 0.15) is 19.8 Å².